The smallest absolute Gasteiger partial charge is 0.305 e. The summed E-state index contributed by atoms with van der Waals surface area (Å²) in [6.07, 6.45) is 0.893. The van der Waals surface area contributed by atoms with Gasteiger partial charge in [-0.25, -0.2) is 0 Å². The average molecular weight is 378 g/mol. The summed E-state index contributed by atoms with van der Waals surface area (Å²) >= 11 is 12.4. The van der Waals surface area contributed by atoms with Crippen LogP contribution < -0.4 is 0 Å². The molecule has 1 atom stereocenters. The second kappa shape index (κ2) is 8.77. The van der Waals surface area contributed by atoms with Crippen molar-refractivity contribution in [3.05, 3.63) is 62.4 Å². The molecule has 0 saturated heterocycles. The van der Waals surface area contributed by atoms with Gasteiger partial charge in [0.05, 0.1) is 17.8 Å². The lowest BCUT2D eigenvalue weighted by atomic mass is 9.88. The van der Waals surface area contributed by atoms with E-state index in [4.69, 9.17) is 33.5 Å². The molecule has 7 heteroatoms. The standard InChI is InChI=1S/C18H17Cl2N3O2/c1-11(6-7-18(24)25-2)14-10-17(22-23-21)16(20)9-15(14)12-4-3-5-13(19)8-12/h3-5,8-11H,6-7H2,1-2H3. The molecule has 0 heterocycles. The maximum atomic E-state index is 11.4. The molecule has 0 spiro atoms. The number of methoxy groups -OCH3 is 1. The number of hydrogen-bond acceptors (Lipinski definition) is 3. The zero-order chi connectivity index (χ0) is 18.4. The van der Waals surface area contributed by atoms with Crippen molar-refractivity contribution in [3.63, 3.8) is 0 Å². The zero-order valence-corrected chi connectivity index (χ0v) is 15.4. The minimum absolute atomic E-state index is 0.0259. The molecule has 0 aliphatic heterocycles. The normalized spacial score (nSPS) is 11.5. The highest BCUT2D eigenvalue weighted by atomic mass is 35.5. The number of ether oxygens (including phenoxy) is 1. The molecule has 2 rings (SSSR count). The van der Waals surface area contributed by atoms with Crippen LogP contribution in [-0.2, 0) is 9.53 Å². The molecule has 2 aromatic carbocycles. The summed E-state index contributed by atoms with van der Waals surface area (Å²) in [6.45, 7) is 2.00. The lowest BCUT2D eigenvalue weighted by Crippen LogP contribution is -2.04. The zero-order valence-electron chi connectivity index (χ0n) is 13.9. The molecular formula is C18H17Cl2N3O2. The molecule has 1 unspecified atom stereocenters. The number of hydrogen-bond donors (Lipinski definition) is 0. The largest absolute Gasteiger partial charge is 0.469 e. The van der Waals surface area contributed by atoms with Gasteiger partial charge in [-0.15, -0.1) is 0 Å². The van der Waals surface area contributed by atoms with Crippen molar-refractivity contribution in [2.75, 3.05) is 7.11 Å². The van der Waals surface area contributed by atoms with Gasteiger partial charge in [0.15, 0.2) is 0 Å². The van der Waals surface area contributed by atoms with Crippen molar-refractivity contribution in [1.82, 2.24) is 0 Å². The van der Waals surface area contributed by atoms with Crippen molar-refractivity contribution in [1.29, 1.82) is 0 Å². The number of esters is 1. The SMILES string of the molecule is COC(=O)CCC(C)c1cc(N=[N+]=[N-])c(Cl)cc1-c1cccc(Cl)c1. The fraction of sp³-hybridized carbons (Fsp3) is 0.278. The van der Waals surface area contributed by atoms with E-state index in [-0.39, 0.29) is 11.9 Å². The van der Waals surface area contributed by atoms with E-state index in [0.29, 0.717) is 28.6 Å². The van der Waals surface area contributed by atoms with Crippen LogP contribution in [0.2, 0.25) is 10.0 Å². The van der Waals surface area contributed by atoms with E-state index < -0.39 is 0 Å². The van der Waals surface area contributed by atoms with Gasteiger partial charge >= 0.3 is 5.97 Å². The highest BCUT2D eigenvalue weighted by molar-refractivity contribution is 6.33. The summed E-state index contributed by atoms with van der Waals surface area (Å²) in [5, 5.41) is 4.61. The number of carbonyl (C=O) groups is 1. The number of nitrogens with zero attached hydrogens (tertiary/aromatic N) is 3. The first-order valence-corrected chi connectivity index (χ1v) is 8.43. The molecule has 0 aromatic heterocycles. The van der Waals surface area contributed by atoms with Gasteiger partial charge in [0.25, 0.3) is 0 Å². The van der Waals surface area contributed by atoms with Crippen LogP contribution in [0.15, 0.2) is 41.5 Å². The number of halogens is 2. The Hall–Kier alpha value is -2.20. The predicted octanol–water partition coefficient (Wildman–Crippen LogP) is 6.66. The number of carbonyl (C=O) groups excluding carboxylic acids is 1. The minimum atomic E-state index is -0.264. The molecule has 25 heavy (non-hydrogen) atoms. The minimum Gasteiger partial charge on any atom is -0.469 e. The first kappa shape index (κ1) is 19.1. The van der Waals surface area contributed by atoms with E-state index >= 15 is 0 Å². The Morgan fingerprint density at radius 3 is 2.72 bits per heavy atom. The van der Waals surface area contributed by atoms with Gasteiger partial charge in [0, 0.05) is 16.4 Å². The third-order valence-electron chi connectivity index (χ3n) is 3.95. The van der Waals surface area contributed by atoms with Crippen LogP contribution >= 0.6 is 23.2 Å². The van der Waals surface area contributed by atoms with E-state index in [1.807, 2.05) is 25.1 Å². The highest BCUT2D eigenvalue weighted by Crippen LogP contribution is 2.39. The third kappa shape index (κ3) is 4.89. The van der Waals surface area contributed by atoms with E-state index in [1.165, 1.54) is 7.11 Å². The Kier molecular flexibility index (Phi) is 6.71. The highest BCUT2D eigenvalue weighted by Gasteiger charge is 2.17. The lowest BCUT2D eigenvalue weighted by molar-refractivity contribution is -0.140. The Morgan fingerprint density at radius 1 is 1.32 bits per heavy atom. The van der Waals surface area contributed by atoms with Gasteiger partial charge in [-0.2, -0.15) is 0 Å². The Bertz CT molecular complexity index is 833. The van der Waals surface area contributed by atoms with Gasteiger partial charge in [0.1, 0.15) is 0 Å². The van der Waals surface area contributed by atoms with Gasteiger partial charge in [-0.1, -0.05) is 47.4 Å². The Balaban J connectivity index is 2.51. The molecule has 2 aromatic rings. The quantitative estimate of drug-likeness (QED) is 0.244. The second-order valence-electron chi connectivity index (χ2n) is 5.61. The molecular weight excluding hydrogens is 361 g/mol. The number of rotatable bonds is 6. The first-order chi connectivity index (χ1) is 12.0. The maximum Gasteiger partial charge on any atom is 0.305 e. The number of benzene rings is 2. The molecule has 5 nitrogen and oxygen atoms in total. The molecule has 0 aliphatic carbocycles. The van der Waals surface area contributed by atoms with E-state index in [0.717, 1.165) is 16.7 Å². The van der Waals surface area contributed by atoms with Crippen LogP contribution in [-0.4, -0.2) is 13.1 Å². The van der Waals surface area contributed by atoms with Crippen molar-refractivity contribution < 1.29 is 9.53 Å². The van der Waals surface area contributed by atoms with E-state index in [2.05, 4.69) is 10.0 Å². The van der Waals surface area contributed by atoms with Crippen molar-refractivity contribution >= 4 is 34.9 Å². The maximum absolute atomic E-state index is 11.4. The van der Waals surface area contributed by atoms with Gasteiger partial charge in [-0.05, 0) is 58.8 Å². The van der Waals surface area contributed by atoms with E-state index in [1.54, 1.807) is 18.2 Å². The van der Waals surface area contributed by atoms with Gasteiger partial charge in [0.2, 0.25) is 0 Å². The van der Waals surface area contributed by atoms with Crippen LogP contribution in [0.4, 0.5) is 5.69 Å². The van der Waals surface area contributed by atoms with Crippen LogP contribution in [0.25, 0.3) is 21.6 Å². The monoisotopic (exact) mass is 377 g/mol. The van der Waals surface area contributed by atoms with Crippen molar-refractivity contribution in [2.24, 2.45) is 5.11 Å². The average Bonchev–Trinajstić information content (AvgIpc) is 2.60. The molecule has 0 saturated carbocycles. The van der Waals surface area contributed by atoms with Crippen molar-refractivity contribution in [2.45, 2.75) is 25.7 Å². The van der Waals surface area contributed by atoms with Crippen LogP contribution in [0.5, 0.6) is 0 Å². The van der Waals surface area contributed by atoms with Crippen molar-refractivity contribution in [3.8, 4) is 11.1 Å². The molecule has 0 aliphatic rings. The summed E-state index contributed by atoms with van der Waals surface area (Å²) < 4.78 is 4.70. The molecule has 0 amide bonds. The lowest BCUT2D eigenvalue weighted by Gasteiger charge is -2.18. The van der Waals surface area contributed by atoms with E-state index in [9.17, 15) is 4.79 Å². The second-order valence-corrected chi connectivity index (χ2v) is 6.45. The molecule has 0 fully saturated rings. The topological polar surface area (TPSA) is 75.1 Å². The first-order valence-electron chi connectivity index (χ1n) is 7.67. The van der Waals surface area contributed by atoms with Crippen LogP contribution in [0.3, 0.4) is 0 Å². The summed E-state index contributed by atoms with van der Waals surface area (Å²) in [5.41, 5.74) is 11.8. The predicted molar refractivity (Wildman–Crippen MR) is 100 cm³/mol. The summed E-state index contributed by atoms with van der Waals surface area (Å²) in [6, 6.07) is 11.0. The molecule has 130 valence electrons. The van der Waals surface area contributed by atoms with Crippen LogP contribution in [0.1, 0.15) is 31.2 Å². The summed E-state index contributed by atoms with van der Waals surface area (Å²) in [7, 11) is 1.37. The molecule has 0 N–H and O–H groups in total. The third-order valence-corrected chi connectivity index (χ3v) is 4.48. The Labute approximate surface area is 156 Å². The number of azide groups is 1. The fourth-order valence-electron chi connectivity index (χ4n) is 2.61. The van der Waals surface area contributed by atoms with Crippen LogP contribution in [0, 0.1) is 0 Å². The molecule has 0 bridgehead atoms. The summed E-state index contributed by atoms with van der Waals surface area (Å²) in [5.74, 6) is -0.238. The molecule has 0 radical (unpaired) electrons. The summed E-state index contributed by atoms with van der Waals surface area (Å²) in [4.78, 5) is 14.3. The van der Waals surface area contributed by atoms with Gasteiger partial charge in [-0.3, -0.25) is 4.79 Å². The fourth-order valence-corrected chi connectivity index (χ4v) is 3.00. The van der Waals surface area contributed by atoms with Gasteiger partial charge < -0.3 is 4.74 Å². The Morgan fingerprint density at radius 2 is 2.08 bits per heavy atom.